The Bertz CT molecular complexity index is 1060. The largest absolute Gasteiger partial charge is 0.593 e. The summed E-state index contributed by atoms with van der Waals surface area (Å²) >= 11 is -1.74. The Hall–Kier alpha value is -3.01. The Morgan fingerprint density at radius 3 is 2.34 bits per heavy atom. The molecule has 0 aliphatic rings. The van der Waals surface area contributed by atoms with E-state index in [1.165, 1.54) is 12.1 Å². The molecule has 0 bridgehead atoms. The number of halogens is 3. The first-order valence-electron chi connectivity index (χ1n) is 9.54. The van der Waals surface area contributed by atoms with Crippen LogP contribution in [0.15, 0.2) is 77.7 Å². The van der Waals surface area contributed by atoms with Crippen LogP contribution in [0.3, 0.4) is 0 Å². The van der Waals surface area contributed by atoms with E-state index in [2.05, 4.69) is 9.46 Å². The summed E-state index contributed by atoms with van der Waals surface area (Å²) in [5, 5.41) is 9.35. The Morgan fingerprint density at radius 1 is 1.09 bits per heavy atom. The summed E-state index contributed by atoms with van der Waals surface area (Å²) in [6.07, 6.45) is -5.32. The summed E-state index contributed by atoms with van der Waals surface area (Å²) in [6.45, 7) is 1.88. The van der Waals surface area contributed by atoms with Crippen LogP contribution in [-0.2, 0) is 16.2 Å². The molecule has 3 rings (SSSR count). The number of carboxylic acids is 1. The minimum absolute atomic E-state index is 0.138. The molecule has 0 saturated carbocycles. The summed E-state index contributed by atoms with van der Waals surface area (Å²) < 4.78 is 58.4. The zero-order valence-electron chi connectivity index (χ0n) is 16.9. The number of carboxylic acid groups (broad SMARTS) is 1. The first-order chi connectivity index (χ1) is 15.1. The van der Waals surface area contributed by atoms with Gasteiger partial charge in [-0.25, -0.2) is 0 Å². The molecule has 3 aromatic rings. The highest BCUT2D eigenvalue weighted by atomic mass is 32.2. The Morgan fingerprint density at radius 2 is 1.75 bits per heavy atom. The van der Waals surface area contributed by atoms with Crippen LogP contribution in [0.5, 0.6) is 5.75 Å². The fourth-order valence-corrected chi connectivity index (χ4v) is 4.08. The van der Waals surface area contributed by atoms with Crippen LogP contribution in [-0.4, -0.2) is 22.0 Å². The second-order valence-corrected chi connectivity index (χ2v) is 8.26. The molecule has 0 heterocycles. The maximum atomic E-state index is 12.9. The molecule has 0 aliphatic carbocycles. The molecule has 0 spiro atoms. The molecule has 0 radical (unpaired) electrons. The topological polar surface area (TPSA) is 81.6 Å². The first-order valence-corrected chi connectivity index (χ1v) is 10.7. The van der Waals surface area contributed by atoms with Crippen molar-refractivity contribution in [3.05, 3.63) is 83.9 Å². The average molecular weight is 463 g/mol. The van der Waals surface area contributed by atoms with Gasteiger partial charge in [0.2, 0.25) is 0 Å². The summed E-state index contributed by atoms with van der Waals surface area (Å²) in [6, 6.07) is 18.1. The summed E-state index contributed by atoms with van der Waals surface area (Å²) in [4.78, 5) is 11.9. The van der Waals surface area contributed by atoms with Gasteiger partial charge in [0.15, 0.2) is 4.90 Å². The predicted octanol–water partition coefficient (Wildman–Crippen LogP) is 5.39. The SMILES string of the molecule is Cc1ccc([S+]([O-])NC(CC(=O)O)c2ccc(OC(F)(F)F)c(-c3ccccc3)c2)cc1. The number of carbonyl (C=O) groups is 1. The summed E-state index contributed by atoms with van der Waals surface area (Å²) in [5.74, 6) is -1.57. The average Bonchev–Trinajstić information content (AvgIpc) is 2.73. The molecule has 32 heavy (non-hydrogen) atoms. The van der Waals surface area contributed by atoms with Gasteiger partial charge in [0, 0.05) is 5.56 Å². The summed E-state index contributed by atoms with van der Waals surface area (Å²) in [5.41, 5.74) is 1.93. The van der Waals surface area contributed by atoms with Gasteiger partial charge < -0.3 is 14.4 Å². The maximum absolute atomic E-state index is 12.9. The molecule has 0 aliphatic heterocycles. The molecule has 2 unspecified atom stereocenters. The molecule has 3 aromatic carbocycles. The number of ether oxygens (including phenoxy) is 1. The highest BCUT2D eigenvalue weighted by molar-refractivity contribution is 7.89. The molecule has 5 nitrogen and oxygen atoms in total. The van der Waals surface area contributed by atoms with Crippen molar-refractivity contribution in [3.63, 3.8) is 0 Å². The van der Waals surface area contributed by atoms with E-state index in [0.29, 0.717) is 16.0 Å². The van der Waals surface area contributed by atoms with Crippen molar-refractivity contribution < 1.29 is 32.4 Å². The number of hydrogen-bond donors (Lipinski definition) is 2. The number of nitrogens with one attached hydrogen (secondary N) is 1. The quantitative estimate of drug-likeness (QED) is 0.438. The van der Waals surface area contributed by atoms with E-state index in [9.17, 15) is 27.6 Å². The number of benzene rings is 3. The van der Waals surface area contributed by atoms with Crippen molar-refractivity contribution in [2.75, 3.05) is 0 Å². The molecule has 9 heteroatoms. The van der Waals surface area contributed by atoms with Crippen LogP contribution in [0.4, 0.5) is 13.2 Å². The lowest BCUT2D eigenvalue weighted by Crippen LogP contribution is -2.30. The molecule has 0 amide bonds. The molecule has 0 saturated heterocycles. The van der Waals surface area contributed by atoms with E-state index in [1.807, 2.05) is 6.92 Å². The third-order valence-electron chi connectivity index (χ3n) is 4.58. The van der Waals surface area contributed by atoms with Gasteiger partial charge in [0.05, 0.1) is 23.8 Å². The zero-order chi connectivity index (χ0) is 23.3. The third kappa shape index (κ3) is 6.49. The molecule has 168 valence electrons. The minimum atomic E-state index is -4.89. The van der Waals surface area contributed by atoms with Gasteiger partial charge in [-0.05, 0) is 42.3 Å². The van der Waals surface area contributed by atoms with Crippen molar-refractivity contribution in [1.29, 1.82) is 0 Å². The van der Waals surface area contributed by atoms with E-state index in [-0.39, 0.29) is 5.56 Å². The molecule has 0 fully saturated rings. The molecular weight excluding hydrogens is 443 g/mol. The van der Waals surface area contributed by atoms with E-state index in [0.717, 1.165) is 11.6 Å². The number of alkyl halides is 3. The van der Waals surface area contributed by atoms with Crippen LogP contribution < -0.4 is 9.46 Å². The fourth-order valence-electron chi connectivity index (χ4n) is 3.08. The van der Waals surface area contributed by atoms with Crippen LogP contribution in [0.2, 0.25) is 0 Å². The standard InChI is InChI=1S/C23H20F3NO4S/c1-15-7-10-18(11-8-15)32(30)27-20(14-22(28)29)17-9-12-21(31-23(24,25)26)19(13-17)16-5-3-2-4-6-16/h2-13,20,27H,14H2,1H3,(H,28,29). The Kier molecular flexibility index (Phi) is 7.44. The number of rotatable bonds is 8. The van der Waals surface area contributed by atoms with Crippen molar-refractivity contribution >= 4 is 17.3 Å². The minimum Gasteiger partial charge on any atom is -0.593 e. The molecule has 2 atom stereocenters. The lowest BCUT2D eigenvalue weighted by molar-refractivity contribution is -0.274. The zero-order valence-corrected chi connectivity index (χ0v) is 17.7. The number of aryl methyl sites for hydroxylation is 1. The molecular formula is C23H20F3NO4S. The van der Waals surface area contributed by atoms with Gasteiger partial charge >= 0.3 is 12.3 Å². The van der Waals surface area contributed by atoms with E-state index < -0.39 is 41.9 Å². The van der Waals surface area contributed by atoms with Crippen molar-refractivity contribution in [3.8, 4) is 16.9 Å². The van der Waals surface area contributed by atoms with Crippen molar-refractivity contribution in [1.82, 2.24) is 4.72 Å². The van der Waals surface area contributed by atoms with Crippen LogP contribution in [0.25, 0.3) is 11.1 Å². The van der Waals surface area contributed by atoms with Gasteiger partial charge in [-0.2, -0.15) is 0 Å². The second kappa shape index (κ2) is 10.1. The monoisotopic (exact) mass is 463 g/mol. The van der Waals surface area contributed by atoms with Crippen LogP contribution in [0, 0.1) is 6.92 Å². The lowest BCUT2D eigenvalue weighted by Gasteiger charge is -2.21. The van der Waals surface area contributed by atoms with E-state index in [4.69, 9.17) is 0 Å². The van der Waals surface area contributed by atoms with Gasteiger partial charge in [0.1, 0.15) is 5.75 Å². The predicted molar refractivity (Wildman–Crippen MR) is 114 cm³/mol. The Balaban J connectivity index is 1.98. The van der Waals surface area contributed by atoms with Gasteiger partial charge in [0.25, 0.3) is 0 Å². The van der Waals surface area contributed by atoms with Gasteiger partial charge in [-0.3, -0.25) is 4.79 Å². The van der Waals surface area contributed by atoms with Crippen molar-refractivity contribution in [2.45, 2.75) is 30.6 Å². The number of aliphatic carboxylic acids is 1. The third-order valence-corrected chi connectivity index (χ3v) is 5.78. The van der Waals surface area contributed by atoms with Gasteiger partial charge in [-0.15, -0.1) is 17.9 Å². The number of hydrogen-bond acceptors (Lipinski definition) is 4. The van der Waals surface area contributed by atoms with Crippen molar-refractivity contribution in [2.24, 2.45) is 0 Å². The van der Waals surface area contributed by atoms with E-state index >= 15 is 0 Å². The highest BCUT2D eigenvalue weighted by Crippen LogP contribution is 2.36. The highest BCUT2D eigenvalue weighted by Gasteiger charge is 2.33. The van der Waals surface area contributed by atoms with Crippen LogP contribution in [0.1, 0.15) is 23.6 Å². The first kappa shape index (κ1) is 23.6. The Labute approximate surface area is 186 Å². The normalized spacial score (nSPS) is 13.4. The molecule has 2 N–H and O–H groups in total. The smallest absolute Gasteiger partial charge is 0.573 e. The van der Waals surface area contributed by atoms with E-state index in [1.54, 1.807) is 54.6 Å². The maximum Gasteiger partial charge on any atom is 0.573 e. The lowest BCUT2D eigenvalue weighted by atomic mass is 9.97. The second-order valence-electron chi connectivity index (χ2n) is 7.02. The van der Waals surface area contributed by atoms with Gasteiger partial charge in [-0.1, -0.05) is 54.1 Å². The molecule has 0 aromatic heterocycles. The fraction of sp³-hybridized carbons (Fsp3) is 0.174. The van der Waals surface area contributed by atoms with Crippen LogP contribution >= 0.6 is 0 Å². The summed E-state index contributed by atoms with van der Waals surface area (Å²) in [7, 11) is 0.